The third-order valence-corrected chi connectivity index (χ3v) is 4.88. The molecule has 0 aliphatic carbocycles. The Labute approximate surface area is 116 Å². The predicted molar refractivity (Wildman–Crippen MR) is 77.3 cm³/mol. The second-order valence-corrected chi connectivity index (χ2v) is 6.66. The molecule has 0 atom stereocenters. The largest absolute Gasteiger partial charge is 0.368 e. The Morgan fingerprint density at radius 2 is 2.21 bits per heavy atom. The number of fused-ring (bicyclic) bond motifs is 1. The third kappa shape index (κ3) is 2.90. The Morgan fingerprint density at radius 1 is 1.42 bits per heavy atom. The molecule has 2 rings (SSSR count). The standard InChI is InChI=1S/C11H18N4O2S2/c1-3-5-6-13-19(16,17)10-9(12-4-2)14-11-15(10)7-8-18-11/h7-8,12-13H,3-6H2,1-2H3. The summed E-state index contributed by atoms with van der Waals surface area (Å²) in [6.07, 6.45) is 3.49. The number of hydrogen-bond donors (Lipinski definition) is 2. The lowest BCUT2D eigenvalue weighted by atomic mass is 10.3. The second-order valence-electron chi connectivity index (χ2n) is 4.10. The number of thiazole rings is 1. The molecule has 2 aromatic heterocycles. The molecule has 0 amide bonds. The van der Waals surface area contributed by atoms with Crippen molar-refractivity contribution >= 4 is 32.1 Å². The SMILES string of the molecule is CCCCNS(=O)(=O)c1c(NCC)nc2sccn12. The minimum absolute atomic E-state index is 0.196. The van der Waals surface area contributed by atoms with E-state index in [0.29, 0.717) is 23.9 Å². The Morgan fingerprint density at radius 3 is 2.89 bits per heavy atom. The van der Waals surface area contributed by atoms with Crippen LogP contribution < -0.4 is 10.0 Å². The molecule has 0 unspecified atom stereocenters. The van der Waals surface area contributed by atoms with Gasteiger partial charge in [0.25, 0.3) is 10.0 Å². The Bertz CT molecular complexity index is 645. The first-order valence-electron chi connectivity index (χ1n) is 6.29. The lowest BCUT2D eigenvalue weighted by Gasteiger charge is -2.07. The average molecular weight is 302 g/mol. The van der Waals surface area contributed by atoms with E-state index in [9.17, 15) is 8.42 Å². The van der Waals surface area contributed by atoms with Gasteiger partial charge >= 0.3 is 0 Å². The first-order chi connectivity index (χ1) is 9.10. The molecule has 2 aromatic rings. The van der Waals surface area contributed by atoms with Crippen LogP contribution in [0.15, 0.2) is 16.6 Å². The molecule has 8 heteroatoms. The molecular weight excluding hydrogens is 284 g/mol. The number of hydrogen-bond acceptors (Lipinski definition) is 5. The van der Waals surface area contributed by atoms with E-state index in [1.807, 2.05) is 19.2 Å². The van der Waals surface area contributed by atoms with Crippen molar-refractivity contribution < 1.29 is 8.42 Å². The van der Waals surface area contributed by atoms with Crippen molar-refractivity contribution in [3.05, 3.63) is 11.6 Å². The highest BCUT2D eigenvalue weighted by Crippen LogP contribution is 2.25. The summed E-state index contributed by atoms with van der Waals surface area (Å²) in [5, 5.41) is 5.02. The number of unbranched alkanes of at least 4 members (excludes halogenated alkanes) is 1. The van der Waals surface area contributed by atoms with E-state index in [1.54, 1.807) is 10.6 Å². The fraction of sp³-hybridized carbons (Fsp3) is 0.545. The van der Waals surface area contributed by atoms with Crippen molar-refractivity contribution in [2.45, 2.75) is 31.7 Å². The Balaban J connectivity index is 2.40. The molecule has 6 nitrogen and oxygen atoms in total. The van der Waals surface area contributed by atoms with Crippen LogP contribution >= 0.6 is 11.3 Å². The van der Waals surface area contributed by atoms with Crippen molar-refractivity contribution in [3.8, 4) is 0 Å². The number of rotatable bonds is 7. The van der Waals surface area contributed by atoms with Gasteiger partial charge in [-0.3, -0.25) is 4.40 Å². The lowest BCUT2D eigenvalue weighted by molar-refractivity contribution is 0.574. The van der Waals surface area contributed by atoms with E-state index in [0.717, 1.165) is 12.8 Å². The third-order valence-electron chi connectivity index (χ3n) is 2.64. The summed E-state index contributed by atoms with van der Waals surface area (Å²) in [7, 11) is -3.54. The number of sulfonamides is 1. The number of aromatic nitrogens is 2. The summed E-state index contributed by atoms with van der Waals surface area (Å²) >= 11 is 1.41. The number of imidazole rings is 1. The molecule has 0 radical (unpaired) electrons. The van der Waals surface area contributed by atoms with E-state index in [2.05, 4.69) is 15.0 Å². The van der Waals surface area contributed by atoms with Crippen LogP contribution in [-0.4, -0.2) is 30.9 Å². The van der Waals surface area contributed by atoms with E-state index in [4.69, 9.17) is 0 Å². The minimum Gasteiger partial charge on any atom is -0.368 e. The van der Waals surface area contributed by atoms with Crippen LogP contribution in [0.1, 0.15) is 26.7 Å². The van der Waals surface area contributed by atoms with Gasteiger partial charge in [0.15, 0.2) is 15.8 Å². The summed E-state index contributed by atoms with van der Waals surface area (Å²) in [6, 6.07) is 0. The van der Waals surface area contributed by atoms with Crippen LogP contribution in [0.3, 0.4) is 0 Å². The van der Waals surface area contributed by atoms with Gasteiger partial charge in [-0.1, -0.05) is 13.3 Å². The minimum atomic E-state index is -3.54. The maximum Gasteiger partial charge on any atom is 0.260 e. The molecule has 0 spiro atoms. The molecule has 106 valence electrons. The molecule has 0 aliphatic heterocycles. The van der Waals surface area contributed by atoms with Crippen molar-refractivity contribution in [3.63, 3.8) is 0 Å². The fourth-order valence-corrected chi connectivity index (χ4v) is 3.86. The molecule has 2 heterocycles. The highest BCUT2D eigenvalue weighted by Gasteiger charge is 2.25. The van der Waals surface area contributed by atoms with E-state index < -0.39 is 10.0 Å². The summed E-state index contributed by atoms with van der Waals surface area (Å²) < 4.78 is 29.0. The topological polar surface area (TPSA) is 75.5 Å². The summed E-state index contributed by atoms with van der Waals surface area (Å²) in [6.45, 7) is 5.01. The summed E-state index contributed by atoms with van der Waals surface area (Å²) in [5.41, 5.74) is 0. The summed E-state index contributed by atoms with van der Waals surface area (Å²) in [4.78, 5) is 4.98. The van der Waals surface area contributed by atoms with Gasteiger partial charge in [-0.2, -0.15) is 0 Å². The summed E-state index contributed by atoms with van der Waals surface area (Å²) in [5.74, 6) is 0.415. The van der Waals surface area contributed by atoms with Gasteiger partial charge in [0.2, 0.25) is 0 Å². The zero-order valence-corrected chi connectivity index (χ0v) is 12.6. The first kappa shape index (κ1) is 14.3. The van der Waals surface area contributed by atoms with Crippen LogP contribution in [-0.2, 0) is 10.0 Å². The second kappa shape index (κ2) is 5.89. The van der Waals surface area contributed by atoms with Crippen molar-refractivity contribution in [1.29, 1.82) is 0 Å². The van der Waals surface area contributed by atoms with Gasteiger partial charge in [0, 0.05) is 24.7 Å². The van der Waals surface area contributed by atoms with Crippen LogP contribution in [0.4, 0.5) is 5.82 Å². The van der Waals surface area contributed by atoms with Crippen LogP contribution in [0, 0.1) is 0 Å². The highest BCUT2D eigenvalue weighted by molar-refractivity contribution is 7.89. The first-order valence-corrected chi connectivity index (χ1v) is 8.65. The Kier molecular flexibility index (Phi) is 4.43. The van der Waals surface area contributed by atoms with E-state index >= 15 is 0 Å². The monoisotopic (exact) mass is 302 g/mol. The van der Waals surface area contributed by atoms with Crippen LogP contribution in [0.2, 0.25) is 0 Å². The number of anilines is 1. The molecular formula is C11H18N4O2S2. The van der Waals surface area contributed by atoms with E-state index in [-0.39, 0.29) is 5.03 Å². The quantitative estimate of drug-likeness (QED) is 0.766. The molecule has 0 bridgehead atoms. The smallest absolute Gasteiger partial charge is 0.260 e. The normalized spacial score (nSPS) is 12.1. The van der Waals surface area contributed by atoms with Crippen molar-refractivity contribution in [1.82, 2.24) is 14.1 Å². The van der Waals surface area contributed by atoms with Crippen LogP contribution in [0.5, 0.6) is 0 Å². The van der Waals surface area contributed by atoms with Crippen molar-refractivity contribution in [2.75, 3.05) is 18.4 Å². The molecule has 0 aromatic carbocycles. The maximum absolute atomic E-state index is 12.4. The molecule has 2 N–H and O–H groups in total. The van der Waals surface area contributed by atoms with Gasteiger partial charge in [-0.15, -0.1) is 11.3 Å². The molecule has 19 heavy (non-hydrogen) atoms. The van der Waals surface area contributed by atoms with Gasteiger partial charge in [-0.05, 0) is 13.3 Å². The van der Waals surface area contributed by atoms with Gasteiger partial charge in [0.1, 0.15) is 0 Å². The molecule has 0 saturated carbocycles. The zero-order chi connectivity index (χ0) is 13.9. The number of nitrogens with zero attached hydrogens (tertiary/aromatic N) is 2. The van der Waals surface area contributed by atoms with Gasteiger partial charge in [-0.25, -0.2) is 18.1 Å². The molecule has 0 aliphatic rings. The average Bonchev–Trinajstić information content (AvgIpc) is 2.89. The highest BCUT2D eigenvalue weighted by atomic mass is 32.2. The van der Waals surface area contributed by atoms with Crippen molar-refractivity contribution in [2.24, 2.45) is 0 Å². The van der Waals surface area contributed by atoms with Gasteiger partial charge < -0.3 is 5.32 Å². The zero-order valence-electron chi connectivity index (χ0n) is 11.0. The molecule has 0 saturated heterocycles. The fourth-order valence-electron chi connectivity index (χ4n) is 1.76. The van der Waals surface area contributed by atoms with Gasteiger partial charge in [0.05, 0.1) is 0 Å². The maximum atomic E-state index is 12.4. The molecule has 0 fully saturated rings. The van der Waals surface area contributed by atoms with E-state index in [1.165, 1.54) is 11.3 Å². The predicted octanol–water partition coefficient (Wildman–Crippen LogP) is 1.91. The lowest BCUT2D eigenvalue weighted by Crippen LogP contribution is -2.26. The van der Waals surface area contributed by atoms with Crippen LogP contribution in [0.25, 0.3) is 4.96 Å². The Hall–Kier alpha value is -1.12. The number of nitrogens with one attached hydrogen (secondary N) is 2.